The smallest absolute Gasteiger partial charge is 0.331 e. The van der Waals surface area contributed by atoms with E-state index < -0.39 is 0 Å². The maximum Gasteiger partial charge on any atom is 0.331 e. The highest BCUT2D eigenvalue weighted by Gasteiger charge is 2.35. The lowest BCUT2D eigenvalue weighted by Gasteiger charge is -2.32. The lowest BCUT2D eigenvalue weighted by molar-refractivity contribution is 0.335. The molecule has 2 aromatic heterocycles. The molecule has 186 valence electrons. The molecule has 7 heteroatoms. The Kier molecular flexibility index (Phi) is 5.30. The summed E-state index contributed by atoms with van der Waals surface area (Å²) in [5, 5.41) is 4.20. The number of ether oxygens (including phenoxy) is 1. The van der Waals surface area contributed by atoms with Gasteiger partial charge in [0.05, 0.1) is 46.3 Å². The third-order valence-corrected chi connectivity index (χ3v) is 7.18. The fourth-order valence-electron chi connectivity index (χ4n) is 5.44. The van der Waals surface area contributed by atoms with Crippen molar-refractivity contribution < 1.29 is 4.74 Å². The van der Waals surface area contributed by atoms with Crippen LogP contribution in [0.15, 0.2) is 82.4 Å². The largest absolute Gasteiger partial charge is 0.494 e. The summed E-state index contributed by atoms with van der Waals surface area (Å²) in [6.07, 6.45) is 0. The molecule has 3 heterocycles. The molecule has 0 spiro atoms. The predicted molar refractivity (Wildman–Crippen MR) is 147 cm³/mol. The number of aryl methyl sites for hydroxylation is 2. The van der Waals surface area contributed by atoms with Crippen molar-refractivity contribution in [2.45, 2.75) is 19.9 Å². The van der Waals surface area contributed by atoms with E-state index in [4.69, 9.17) is 4.74 Å². The number of hydrogen-bond donors (Lipinski definition) is 1. The van der Waals surface area contributed by atoms with Crippen LogP contribution in [0.5, 0.6) is 5.75 Å². The van der Waals surface area contributed by atoms with E-state index >= 15 is 0 Å². The fourth-order valence-corrected chi connectivity index (χ4v) is 5.44. The second kappa shape index (κ2) is 8.55. The molecule has 0 amide bonds. The topological polar surface area (TPSA) is 70.2 Å². The van der Waals surface area contributed by atoms with E-state index in [1.165, 1.54) is 11.6 Å². The van der Waals surface area contributed by atoms with Crippen molar-refractivity contribution in [1.29, 1.82) is 0 Å². The van der Waals surface area contributed by atoms with Crippen LogP contribution in [-0.4, -0.2) is 20.3 Å². The van der Waals surface area contributed by atoms with Crippen molar-refractivity contribution in [2.75, 3.05) is 11.9 Å². The molecule has 6 rings (SSSR count). The minimum Gasteiger partial charge on any atom is -0.494 e. The quantitative estimate of drug-likeness (QED) is 0.387. The fraction of sp³-hybridized carbons (Fsp3) is 0.200. The molecule has 3 aromatic carbocycles. The van der Waals surface area contributed by atoms with E-state index in [0.29, 0.717) is 17.5 Å². The summed E-state index contributed by atoms with van der Waals surface area (Å²) >= 11 is 0. The Morgan fingerprint density at radius 2 is 1.59 bits per heavy atom. The first-order valence-corrected chi connectivity index (χ1v) is 12.4. The molecule has 1 unspecified atom stereocenters. The molecule has 5 aromatic rings. The van der Waals surface area contributed by atoms with Crippen LogP contribution in [0.3, 0.4) is 0 Å². The van der Waals surface area contributed by atoms with Crippen LogP contribution in [0, 0.1) is 6.92 Å². The monoisotopic (exact) mass is 492 g/mol. The van der Waals surface area contributed by atoms with Gasteiger partial charge < -0.3 is 14.6 Å². The lowest BCUT2D eigenvalue weighted by atomic mass is 9.98. The van der Waals surface area contributed by atoms with Crippen molar-refractivity contribution in [3.05, 3.63) is 110 Å². The highest BCUT2D eigenvalue weighted by Crippen LogP contribution is 2.46. The Bertz CT molecular complexity index is 1790. The molecule has 7 nitrogen and oxygen atoms in total. The van der Waals surface area contributed by atoms with Crippen LogP contribution in [0.25, 0.3) is 27.8 Å². The molecule has 0 radical (unpaired) electrons. The number of para-hydroxylation sites is 3. The van der Waals surface area contributed by atoms with Crippen LogP contribution < -0.4 is 21.3 Å². The molecule has 0 fully saturated rings. The van der Waals surface area contributed by atoms with E-state index in [1.807, 2.05) is 86.6 Å². The molecule has 0 bridgehead atoms. The highest BCUT2D eigenvalue weighted by atomic mass is 16.5. The summed E-state index contributed by atoms with van der Waals surface area (Å²) < 4.78 is 10.9. The van der Waals surface area contributed by atoms with Gasteiger partial charge in [-0.25, -0.2) is 4.79 Å². The number of hydrogen-bond acceptors (Lipinski definition) is 4. The van der Waals surface area contributed by atoms with Gasteiger partial charge in [0.15, 0.2) is 0 Å². The maximum absolute atomic E-state index is 13.8. The summed E-state index contributed by atoms with van der Waals surface area (Å²) in [4.78, 5) is 27.0. The van der Waals surface area contributed by atoms with Gasteiger partial charge in [0.1, 0.15) is 5.75 Å². The molecule has 0 saturated heterocycles. The van der Waals surface area contributed by atoms with Crippen molar-refractivity contribution in [1.82, 2.24) is 13.7 Å². The zero-order valence-electron chi connectivity index (χ0n) is 21.3. The first-order chi connectivity index (χ1) is 17.9. The van der Waals surface area contributed by atoms with Gasteiger partial charge in [-0.05, 0) is 37.6 Å². The van der Waals surface area contributed by atoms with Gasteiger partial charge in [0.25, 0.3) is 5.56 Å². The van der Waals surface area contributed by atoms with E-state index in [2.05, 4.69) is 9.88 Å². The second-order valence-corrected chi connectivity index (χ2v) is 9.43. The standard InChI is InChI=1S/C30H28N4O3/c1-5-37-23-13-9-6-10-20(23)25-28-27-24(29(35)33(4)30(36)32(27)3)26(19-16-14-18(2)15-17-19)34(28)22-12-8-7-11-21(22)31-25/h6-17,25,31H,5H2,1-4H3. The number of fused-ring (bicyclic) bond motifs is 5. The maximum atomic E-state index is 13.8. The number of nitrogens with one attached hydrogen (secondary N) is 1. The third kappa shape index (κ3) is 3.34. The Balaban J connectivity index is 1.84. The van der Waals surface area contributed by atoms with Crippen LogP contribution in [0.4, 0.5) is 5.69 Å². The SMILES string of the molecule is CCOc1ccccc1C1Nc2ccccc2-n2c(-c3ccc(C)cc3)c3c(=O)n(C)c(=O)n(C)c3c21. The molecule has 1 aliphatic rings. The Morgan fingerprint density at radius 3 is 2.35 bits per heavy atom. The molecule has 0 aliphatic carbocycles. The minimum absolute atomic E-state index is 0.315. The molecule has 1 N–H and O–H groups in total. The molecule has 1 atom stereocenters. The zero-order valence-corrected chi connectivity index (χ0v) is 21.3. The summed E-state index contributed by atoms with van der Waals surface area (Å²) in [5.41, 5.74) is 6.36. The molecular formula is C30H28N4O3. The average molecular weight is 493 g/mol. The highest BCUT2D eigenvalue weighted by molar-refractivity contribution is 5.99. The summed E-state index contributed by atoms with van der Waals surface area (Å²) in [5.74, 6) is 0.758. The van der Waals surface area contributed by atoms with Crippen molar-refractivity contribution in [3.63, 3.8) is 0 Å². The zero-order chi connectivity index (χ0) is 25.8. The second-order valence-electron chi connectivity index (χ2n) is 9.43. The normalized spacial score (nSPS) is 14.2. The number of rotatable bonds is 4. The Morgan fingerprint density at radius 1 is 0.892 bits per heavy atom. The van der Waals surface area contributed by atoms with Crippen LogP contribution in [0.2, 0.25) is 0 Å². The van der Waals surface area contributed by atoms with Crippen LogP contribution in [0.1, 0.15) is 29.8 Å². The Hall–Kier alpha value is -4.52. The predicted octanol–water partition coefficient (Wildman–Crippen LogP) is 4.92. The summed E-state index contributed by atoms with van der Waals surface area (Å²) in [7, 11) is 3.27. The average Bonchev–Trinajstić information content (AvgIpc) is 3.28. The van der Waals surface area contributed by atoms with E-state index in [1.54, 1.807) is 11.6 Å². The number of benzene rings is 3. The van der Waals surface area contributed by atoms with Gasteiger partial charge in [-0.2, -0.15) is 0 Å². The minimum atomic E-state index is -0.364. The third-order valence-electron chi connectivity index (χ3n) is 7.18. The van der Waals surface area contributed by atoms with E-state index in [0.717, 1.165) is 45.2 Å². The lowest BCUT2D eigenvalue weighted by Crippen LogP contribution is -2.37. The van der Waals surface area contributed by atoms with E-state index in [9.17, 15) is 9.59 Å². The van der Waals surface area contributed by atoms with E-state index in [-0.39, 0.29) is 17.3 Å². The molecular weight excluding hydrogens is 464 g/mol. The molecule has 1 aliphatic heterocycles. The number of anilines is 1. The molecule has 0 saturated carbocycles. The van der Waals surface area contributed by atoms with Gasteiger partial charge in [-0.15, -0.1) is 0 Å². The number of nitrogens with zero attached hydrogens (tertiary/aromatic N) is 3. The van der Waals surface area contributed by atoms with Crippen LogP contribution >= 0.6 is 0 Å². The molecule has 37 heavy (non-hydrogen) atoms. The van der Waals surface area contributed by atoms with Crippen molar-refractivity contribution in [2.24, 2.45) is 14.1 Å². The van der Waals surface area contributed by atoms with Gasteiger partial charge in [0.2, 0.25) is 0 Å². The summed E-state index contributed by atoms with van der Waals surface area (Å²) in [6.45, 7) is 4.52. The number of aromatic nitrogens is 3. The van der Waals surface area contributed by atoms with Crippen molar-refractivity contribution in [3.8, 4) is 22.7 Å². The van der Waals surface area contributed by atoms with Gasteiger partial charge in [-0.3, -0.25) is 13.9 Å². The van der Waals surface area contributed by atoms with Crippen molar-refractivity contribution >= 4 is 16.6 Å². The summed E-state index contributed by atoms with van der Waals surface area (Å²) in [6, 6.07) is 23.8. The van der Waals surface area contributed by atoms with Gasteiger partial charge in [-0.1, -0.05) is 60.2 Å². The first kappa shape index (κ1) is 22.9. The van der Waals surface area contributed by atoms with Gasteiger partial charge >= 0.3 is 5.69 Å². The first-order valence-electron chi connectivity index (χ1n) is 12.4. The Labute approximate surface area is 214 Å². The van der Waals surface area contributed by atoms with Crippen LogP contribution in [-0.2, 0) is 14.1 Å². The van der Waals surface area contributed by atoms with Gasteiger partial charge in [0, 0.05) is 19.7 Å².